The SMILES string of the molecule is CC1=CS(=N)C(Cc2ccc(Cl)nc2)N1Cc1ccc(Cl)nc1. The summed E-state index contributed by atoms with van der Waals surface area (Å²) < 4.78 is 8.37. The van der Waals surface area contributed by atoms with E-state index >= 15 is 0 Å². The van der Waals surface area contributed by atoms with Crippen LogP contribution in [0.5, 0.6) is 0 Å². The van der Waals surface area contributed by atoms with E-state index in [1.807, 2.05) is 17.5 Å². The molecule has 4 nitrogen and oxygen atoms in total. The third-order valence-electron chi connectivity index (χ3n) is 3.73. The van der Waals surface area contributed by atoms with Gasteiger partial charge in [0.05, 0.1) is 5.37 Å². The number of pyridine rings is 2. The Bertz CT molecular complexity index is 744. The minimum absolute atomic E-state index is 0.105. The first-order valence-corrected chi connectivity index (χ1v) is 9.22. The summed E-state index contributed by atoms with van der Waals surface area (Å²) in [7, 11) is -0.548. The van der Waals surface area contributed by atoms with Gasteiger partial charge in [-0.2, -0.15) is 0 Å². The predicted octanol–water partition coefficient (Wildman–Crippen LogP) is 4.41. The van der Waals surface area contributed by atoms with E-state index in [2.05, 4.69) is 21.8 Å². The lowest BCUT2D eigenvalue weighted by Gasteiger charge is -2.28. The van der Waals surface area contributed by atoms with E-state index in [0.717, 1.165) is 29.8 Å². The van der Waals surface area contributed by atoms with Crippen molar-refractivity contribution in [1.29, 1.82) is 4.78 Å². The van der Waals surface area contributed by atoms with E-state index in [0.29, 0.717) is 10.3 Å². The highest BCUT2D eigenvalue weighted by atomic mass is 35.5. The monoisotopic (exact) mass is 366 g/mol. The highest BCUT2D eigenvalue weighted by molar-refractivity contribution is 7.89. The largest absolute Gasteiger partial charge is 0.357 e. The minimum atomic E-state index is -0.548. The number of hydrogen-bond acceptors (Lipinski definition) is 4. The number of nitrogens with one attached hydrogen (secondary N) is 1. The average molecular weight is 367 g/mol. The lowest BCUT2D eigenvalue weighted by molar-refractivity contribution is 0.321. The summed E-state index contributed by atoms with van der Waals surface area (Å²) in [5, 5.41) is 3.11. The van der Waals surface area contributed by atoms with Crippen LogP contribution in [-0.4, -0.2) is 20.2 Å². The fourth-order valence-electron chi connectivity index (χ4n) is 2.55. The van der Waals surface area contributed by atoms with Crippen molar-refractivity contribution in [2.75, 3.05) is 0 Å². The summed E-state index contributed by atoms with van der Waals surface area (Å²) >= 11 is 11.7. The fraction of sp³-hybridized carbons (Fsp3) is 0.250. The van der Waals surface area contributed by atoms with Crippen LogP contribution in [0, 0.1) is 4.78 Å². The summed E-state index contributed by atoms with van der Waals surface area (Å²) in [5.41, 5.74) is 3.30. The molecular weight excluding hydrogens is 351 g/mol. The summed E-state index contributed by atoms with van der Waals surface area (Å²) in [5.74, 6) is 0. The summed E-state index contributed by atoms with van der Waals surface area (Å²) in [6.07, 6.45) is 4.34. The molecule has 2 aromatic rings. The van der Waals surface area contributed by atoms with Crippen LogP contribution in [0.1, 0.15) is 18.1 Å². The molecule has 0 amide bonds. The summed E-state index contributed by atoms with van der Waals surface area (Å²) in [4.78, 5) is 10.5. The maximum Gasteiger partial charge on any atom is 0.129 e. The first-order chi connectivity index (χ1) is 11.0. The zero-order valence-electron chi connectivity index (χ0n) is 12.5. The Morgan fingerprint density at radius 2 is 1.70 bits per heavy atom. The second-order valence-electron chi connectivity index (χ2n) is 5.40. The Morgan fingerprint density at radius 3 is 2.26 bits per heavy atom. The van der Waals surface area contributed by atoms with E-state index in [1.54, 1.807) is 24.5 Å². The van der Waals surface area contributed by atoms with Crippen molar-refractivity contribution in [1.82, 2.24) is 14.9 Å². The van der Waals surface area contributed by atoms with E-state index in [9.17, 15) is 0 Å². The van der Waals surface area contributed by atoms with Gasteiger partial charge >= 0.3 is 0 Å². The molecule has 0 bridgehead atoms. The lowest BCUT2D eigenvalue weighted by Crippen LogP contribution is -2.32. The van der Waals surface area contributed by atoms with Crippen molar-refractivity contribution in [2.45, 2.75) is 25.3 Å². The topological polar surface area (TPSA) is 52.9 Å². The summed E-state index contributed by atoms with van der Waals surface area (Å²) in [6, 6.07) is 7.54. The zero-order chi connectivity index (χ0) is 16.4. The number of hydrogen-bond donors (Lipinski definition) is 1. The molecule has 0 radical (unpaired) electrons. The van der Waals surface area contributed by atoms with Crippen molar-refractivity contribution < 1.29 is 0 Å². The Balaban J connectivity index is 1.78. The van der Waals surface area contributed by atoms with Gasteiger partial charge in [0.1, 0.15) is 10.3 Å². The molecule has 2 aromatic heterocycles. The molecule has 120 valence electrons. The van der Waals surface area contributed by atoms with Crippen molar-refractivity contribution in [3.8, 4) is 0 Å². The third kappa shape index (κ3) is 3.91. The molecule has 0 aliphatic carbocycles. The molecule has 3 heterocycles. The molecular formula is C16H16Cl2N4S. The smallest absolute Gasteiger partial charge is 0.129 e. The molecule has 3 rings (SSSR count). The molecule has 0 spiro atoms. The van der Waals surface area contributed by atoms with Crippen LogP contribution in [0.15, 0.2) is 47.8 Å². The molecule has 0 aromatic carbocycles. The maximum atomic E-state index is 8.37. The summed E-state index contributed by atoms with van der Waals surface area (Å²) in [6.45, 7) is 2.78. The van der Waals surface area contributed by atoms with Gasteiger partial charge in [-0.3, -0.25) is 4.78 Å². The number of allylic oxidation sites excluding steroid dienone is 1. The molecule has 1 aliphatic rings. The molecule has 23 heavy (non-hydrogen) atoms. The van der Waals surface area contributed by atoms with Gasteiger partial charge in [-0.1, -0.05) is 46.0 Å². The van der Waals surface area contributed by atoms with Gasteiger partial charge in [-0.05, 0) is 30.2 Å². The van der Waals surface area contributed by atoms with Gasteiger partial charge in [0, 0.05) is 36.5 Å². The lowest BCUT2D eigenvalue weighted by atomic mass is 10.2. The average Bonchev–Trinajstić information content (AvgIpc) is 2.78. The molecule has 0 fully saturated rings. The molecule has 0 saturated carbocycles. The third-order valence-corrected chi connectivity index (χ3v) is 5.78. The van der Waals surface area contributed by atoms with Gasteiger partial charge < -0.3 is 4.90 Å². The maximum absolute atomic E-state index is 8.37. The first kappa shape index (κ1) is 16.4. The molecule has 0 saturated heterocycles. The highest BCUT2D eigenvalue weighted by Crippen LogP contribution is 2.27. The second kappa shape index (κ2) is 6.99. The van der Waals surface area contributed by atoms with Gasteiger partial charge in [-0.25, -0.2) is 9.97 Å². The van der Waals surface area contributed by atoms with E-state index in [4.69, 9.17) is 28.0 Å². The van der Waals surface area contributed by atoms with Crippen LogP contribution in [0.25, 0.3) is 0 Å². The van der Waals surface area contributed by atoms with Gasteiger partial charge in [-0.15, -0.1) is 0 Å². The number of nitrogens with zero attached hydrogens (tertiary/aromatic N) is 3. The van der Waals surface area contributed by atoms with E-state index < -0.39 is 10.7 Å². The second-order valence-corrected chi connectivity index (χ2v) is 7.69. The van der Waals surface area contributed by atoms with Crippen LogP contribution in [0.4, 0.5) is 0 Å². The highest BCUT2D eigenvalue weighted by Gasteiger charge is 2.28. The number of halogens is 2. The van der Waals surface area contributed by atoms with Crippen LogP contribution in [0.2, 0.25) is 10.3 Å². The first-order valence-electron chi connectivity index (χ1n) is 7.12. The van der Waals surface area contributed by atoms with Gasteiger partial charge in [0.2, 0.25) is 0 Å². The van der Waals surface area contributed by atoms with E-state index in [1.165, 1.54) is 0 Å². The van der Waals surface area contributed by atoms with Crippen molar-refractivity contribution >= 4 is 33.9 Å². The Morgan fingerprint density at radius 1 is 1.09 bits per heavy atom. The zero-order valence-corrected chi connectivity index (χ0v) is 14.9. The van der Waals surface area contributed by atoms with Gasteiger partial charge in [0.25, 0.3) is 0 Å². The van der Waals surface area contributed by atoms with Crippen LogP contribution in [0.3, 0.4) is 0 Å². The Hall–Kier alpha value is -1.43. The van der Waals surface area contributed by atoms with Crippen LogP contribution in [-0.2, 0) is 23.7 Å². The van der Waals surface area contributed by atoms with Crippen molar-refractivity contribution in [2.24, 2.45) is 0 Å². The molecule has 2 unspecified atom stereocenters. The Kier molecular flexibility index (Phi) is 4.99. The minimum Gasteiger partial charge on any atom is -0.357 e. The number of rotatable bonds is 4. The normalized spacial score (nSPS) is 20.7. The van der Waals surface area contributed by atoms with Gasteiger partial charge in [0.15, 0.2) is 0 Å². The van der Waals surface area contributed by atoms with Crippen LogP contribution < -0.4 is 0 Å². The predicted molar refractivity (Wildman–Crippen MR) is 95.4 cm³/mol. The molecule has 1 aliphatic heterocycles. The van der Waals surface area contributed by atoms with Crippen LogP contribution >= 0.6 is 23.2 Å². The van der Waals surface area contributed by atoms with E-state index in [-0.39, 0.29) is 5.37 Å². The standard InChI is InChI=1S/C16H16Cl2N4S/c1-11-10-23(19)16(6-12-2-4-14(17)20-7-12)22(11)9-13-3-5-15(18)21-8-13/h2-5,7-8,10,16,19H,6,9H2,1H3. The fourth-order valence-corrected chi connectivity index (χ4v) is 4.32. The number of aromatic nitrogens is 2. The van der Waals surface area contributed by atoms with Crippen molar-refractivity contribution in [3.63, 3.8) is 0 Å². The Labute approximate surface area is 148 Å². The molecule has 2 atom stereocenters. The quantitative estimate of drug-likeness (QED) is 0.815. The van der Waals surface area contributed by atoms with Crippen molar-refractivity contribution in [3.05, 3.63) is 69.2 Å². The molecule has 1 N–H and O–H groups in total. The molecule has 7 heteroatoms.